The van der Waals surface area contributed by atoms with Crippen LogP contribution in [-0.2, 0) is 17.6 Å². The number of phenolic OH excluding ortho intramolecular Hbond substituents is 1. The first-order valence-electron chi connectivity index (χ1n) is 8.17. The van der Waals surface area contributed by atoms with Gasteiger partial charge in [-0.2, -0.15) is 0 Å². The average molecular weight is 380 g/mol. The minimum absolute atomic E-state index is 0.0197. The van der Waals surface area contributed by atoms with Crippen molar-refractivity contribution in [3.63, 3.8) is 0 Å². The Labute approximate surface area is 159 Å². The Kier molecular flexibility index (Phi) is 6.36. The summed E-state index contributed by atoms with van der Waals surface area (Å²) in [5, 5.41) is 13.0. The van der Waals surface area contributed by atoms with Gasteiger partial charge in [-0.15, -0.1) is 0 Å². The highest BCUT2D eigenvalue weighted by atomic mass is 35.5. The van der Waals surface area contributed by atoms with Gasteiger partial charge in [-0.3, -0.25) is 4.79 Å². The lowest BCUT2D eigenvalue weighted by Gasteiger charge is -2.32. The van der Waals surface area contributed by atoms with Crippen molar-refractivity contribution < 1.29 is 9.90 Å². The normalized spacial score (nSPS) is 12.7. The molecule has 2 N–H and O–H groups in total. The van der Waals surface area contributed by atoms with Crippen LogP contribution in [0.4, 0.5) is 0 Å². The van der Waals surface area contributed by atoms with Crippen LogP contribution < -0.4 is 5.32 Å². The minimum Gasteiger partial charge on any atom is -0.506 e. The summed E-state index contributed by atoms with van der Waals surface area (Å²) in [6.45, 7) is 6.31. The fourth-order valence-electron chi connectivity index (χ4n) is 2.56. The zero-order chi connectivity index (χ0) is 18.6. The van der Waals surface area contributed by atoms with Gasteiger partial charge in [0.2, 0.25) is 5.91 Å². The molecule has 0 unspecified atom stereocenters. The third-order valence-electron chi connectivity index (χ3n) is 4.16. The number of rotatable bonds is 5. The molecular formula is C20H23Cl2NO2. The van der Waals surface area contributed by atoms with Gasteiger partial charge < -0.3 is 10.4 Å². The molecule has 0 aliphatic carbocycles. The van der Waals surface area contributed by atoms with Gasteiger partial charge in [-0.25, -0.2) is 0 Å². The molecule has 0 heterocycles. The van der Waals surface area contributed by atoms with Crippen molar-refractivity contribution in [1.29, 1.82) is 0 Å². The number of amides is 1. The fraction of sp³-hybridized carbons (Fsp3) is 0.350. The summed E-state index contributed by atoms with van der Waals surface area (Å²) in [6, 6.07) is 13.1. The van der Waals surface area contributed by atoms with Crippen molar-refractivity contribution in [2.75, 3.05) is 0 Å². The molecule has 2 aromatic rings. The maximum Gasteiger partial charge on any atom is 0.224 e. The number of halogens is 2. The maximum absolute atomic E-state index is 12.5. The molecule has 2 rings (SSSR count). The number of benzene rings is 2. The van der Waals surface area contributed by atoms with E-state index in [-0.39, 0.29) is 39.6 Å². The van der Waals surface area contributed by atoms with Crippen LogP contribution in [0.1, 0.15) is 31.9 Å². The third-order valence-corrected chi connectivity index (χ3v) is 5.07. The summed E-state index contributed by atoms with van der Waals surface area (Å²) in [5.41, 5.74) is 1.67. The molecule has 0 fully saturated rings. The van der Waals surface area contributed by atoms with Crippen molar-refractivity contribution in [1.82, 2.24) is 5.32 Å². The van der Waals surface area contributed by atoms with Crippen LogP contribution in [-0.4, -0.2) is 17.1 Å². The molecule has 0 bridgehead atoms. The molecule has 3 nitrogen and oxygen atoms in total. The van der Waals surface area contributed by atoms with Crippen molar-refractivity contribution in [2.45, 2.75) is 39.7 Å². The molecule has 0 aliphatic rings. The lowest BCUT2D eigenvalue weighted by atomic mass is 9.83. The first kappa shape index (κ1) is 19.6. The van der Waals surface area contributed by atoms with Crippen molar-refractivity contribution in [2.24, 2.45) is 5.41 Å². The van der Waals surface area contributed by atoms with Gasteiger partial charge in [0, 0.05) is 6.04 Å². The number of aromatic hydroxyl groups is 1. The summed E-state index contributed by atoms with van der Waals surface area (Å²) in [6.07, 6.45) is 0.861. The van der Waals surface area contributed by atoms with E-state index in [9.17, 15) is 9.90 Å². The van der Waals surface area contributed by atoms with Crippen LogP contribution in [0, 0.1) is 5.41 Å². The van der Waals surface area contributed by atoms with Crippen LogP contribution in [0.2, 0.25) is 10.0 Å². The first-order valence-corrected chi connectivity index (χ1v) is 8.93. The molecule has 5 heteroatoms. The Morgan fingerprint density at radius 3 is 2.32 bits per heavy atom. The van der Waals surface area contributed by atoms with Crippen molar-refractivity contribution in [3.05, 3.63) is 63.6 Å². The maximum atomic E-state index is 12.5. The Morgan fingerprint density at radius 2 is 1.72 bits per heavy atom. The summed E-state index contributed by atoms with van der Waals surface area (Å²) in [4.78, 5) is 12.5. The SMILES string of the molecule is CC(C)(C)[C@H](Cc1ccccc1)NC(=O)Cc1ccc(O)c(Cl)c1Cl. The lowest BCUT2D eigenvalue weighted by Crippen LogP contribution is -2.45. The number of hydrogen-bond donors (Lipinski definition) is 2. The monoisotopic (exact) mass is 379 g/mol. The smallest absolute Gasteiger partial charge is 0.224 e. The summed E-state index contributed by atoms with van der Waals surface area (Å²) < 4.78 is 0. The molecule has 1 atom stereocenters. The van der Waals surface area contributed by atoms with E-state index in [4.69, 9.17) is 23.2 Å². The van der Waals surface area contributed by atoms with Crippen LogP contribution in [0.25, 0.3) is 0 Å². The summed E-state index contributed by atoms with van der Waals surface area (Å²) in [5.74, 6) is -0.216. The number of carbonyl (C=O) groups is 1. The molecular weight excluding hydrogens is 357 g/mol. The molecule has 0 saturated carbocycles. The quantitative estimate of drug-likeness (QED) is 0.766. The van der Waals surface area contributed by atoms with Gasteiger partial charge >= 0.3 is 0 Å². The highest BCUT2D eigenvalue weighted by molar-refractivity contribution is 6.43. The zero-order valence-electron chi connectivity index (χ0n) is 14.6. The summed E-state index contributed by atoms with van der Waals surface area (Å²) >= 11 is 12.1. The van der Waals surface area contributed by atoms with Crippen LogP contribution >= 0.6 is 23.2 Å². The van der Waals surface area contributed by atoms with E-state index in [1.54, 1.807) is 6.07 Å². The lowest BCUT2D eigenvalue weighted by molar-refractivity contribution is -0.121. The molecule has 0 saturated heterocycles. The molecule has 25 heavy (non-hydrogen) atoms. The van der Waals surface area contributed by atoms with Gasteiger partial charge in [0.15, 0.2) is 0 Å². The van der Waals surface area contributed by atoms with Gasteiger partial charge in [-0.05, 0) is 29.0 Å². The highest BCUT2D eigenvalue weighted by Gasteiger charge is 2.26. The number of hydrogen-bond acceptors (Lipinski definition) is 2. The molecule has 2 aromatic carbocycles. The molecule has 0 aromatic heterocycles. The van der Waals surface area contributed by atoms with Gasteiger partial charge in [0.05, 0.1) is 11.4 Å². The second kappa shape index (κ2) is 8.11. The number of phenols is 1. The molecule has 0 spiro atoms. The second-order valence-electron chi connectivity index (χ2n) is 7.22. The minimum atomic E-state index is -0.125. The highest BCUT2D eigenvalue weighted by Crippen LogP contribution is 2.34. The third kappa shape index (κ3) is 5.38. The van der Waals surface area contributed by atoms with E-state index in [2.05, 4.69) is 38.2 Å². The van der Waals surface area contributed by atoms with E-state index < -0.39 is 0 Å². The molecule has 1 amide bonds. The summed E-state index contributed by atoms with van der Waals surface area (Å²) in [7, 11) is 0. The van der Waals surface area contributed by atoms with E-state index in [1.807, 2.05) is 18.2 Å². The number of nitrogens with one attached hydrogen (secondary N) is 1. The zero-order valence-corrected chi connectivity index (χ0v) is 16.2. The van der Waals surface area contributed by atoms with Gasteiger partial charge in [0.25, 0.3) is 0 Å². The van der Waals surface area contributed by atoms with Crippen molar-refractivity contribution >= 4 is 29.1 Å². The Bertz CT molecular complexity index is 739. The van der Waals surface area contributed by atoms with Gasteiger partial charge in [0.1, 0.15) is 10.8 Å². The Balaban J connectivity index is 2.11. The Morgan fingerprint density at radius 1 is 1.08 bits per heavy atom. The predicted octanol–water partition coefficient (Wildman–Crippen LogP) is 5.02. The van der Waals surface area contributed by atoms with Gasteiger partial charge in [-0.1, -0.05) is 80.4 Å². The van der Waals surface area contributed by atoms with Crippen molar-refractivity contribution in [3.8, 4) is 5.75 Å². The first-order chi connectivity index (χ1) is 11.7. The Hall–Kier alpha value is -1.71. The van der Waals surface area contributed by atoms with Crippen LogP contribution in [0.15, 0.2) is 42.5 Å². The predicted molar refractivity (Wildman–Crippen MR) is 103 cm³/mol. The molecule has 134 valence electrons. The van der Waals surface area contributed by atoms with E-state index in [0.29, 0.717) is 5.56 Å². The van der Waals surface area contributed by atoms with E-state index >= 15 is 0 Å². The standard InChI is InChI=1S/C20H23Cl2NO2/c1-20(2,3)16(11-13-7-5-4-6-8-13)23-17(25)12-14-9-10-15(24)19(22)18(14)21/h4-10,16,24H,11-12H2,1-3H3,(H,23,25)/t16-/m0/s1. The number of carbonyl (C=O) groups excluding carboxylic acids is 1. The largest absolute Gasteiger partial charge is 0.506 e. The fourth-order valence-corrected chi connectivity index (χ4v) is 2.97. The van der Waals surface area contributed by atoms with E-state index in [0.717, 1.165) is 6.42 Å². The second-order valence-corrected chi connectivity index (χ2v) is 7.98. The molecule has 0 radical (unpaired) electrons. The van der Waals surface area contributed by atoms with Crippen LogP contribution in [0.3, 0.4) is 0 Å². The topological polar surface area (TPSA) is 49.3 Å². The van der Waals surface area contributed by atoms with Crippen LogP contribution in [0.5, 0.6) is 5.75 Å². The molecule has 0 aliphatic heterocycles. The van der Waals surface area contributed by atoms with E-state index in [1.165, 1.54) is 11.6 Å². The average Bonchev–Trinajstić information content (AvgIpc) is 2.55.